The van der Waals surface area contributed by atoms with Gasteiger partial charge in [-0.1, -0.05) is 25.9 Å². The van der Waals surface area contributed by atoms with E-state index in [-0.39, 0.29) is 24.2 Å². The third kappa shape index (κ3) is 3.39. The molecular weight excluding hydrogens is 304 g/mol. The molecule has 3 N–H and O–H groups in total. The van der Waals surface area contributed by atoms with Gasteiger partial charge in [0.1, 0.15) is 0 Å². The minimum atomic E-state index is -0.450. The highest BCUT2D eigenvalue weighted by Crippen LogP contribution is 2.20. The summed E-state index contributed by atoms with van der Waals surface area (Å²) in [5, 5.41) is 7.72. The Morgan fingerprint density at radius 2 is 2.18 bits per heavy atom. The molecule has 1 unspecified atom stereocenters. The first-order valence-electron chi connectivity index (χ1n) is 7.18. The molecule has 7 heteroatoms. The molecule has 0 aliphatic carbocycles. The number of nitrogens with zero attached hydrogens (tertiary/aromatic N) is 2. The Bertz CT molecular complexity index is 656. The summed E-state index contributed by atoms with van der Waals surface area (Å²) in [5.41, 5.74) is 7.09. The maximum Gasteiger partial charge on any atom is 0.257 e. The van der Waals surface area contributed by atoms with Crippen LogP contribution in [-0.4, -0.2) is 28.1 Å². The smallest absolute Gasteiger partial charge is 0.257 e. The molecule has 1 amide bonds. The maximum atomic E-state index is 12.4. The summed E-state index contributed by atoms with van der Waals surface area (Å²) in [4.78, 5) is 16.6. The van der Waals surface area contributed by atoms with Crippen LogP contribution >= 0.6 is 12.4 Å². The van der Waals surface area contributed by atoms with Crippen molar-refractivity contribution < 1.29 is 9.32 Å². The Labute approximate surface area is 136 Å². The molecule has 0 spiro atoms. The third-order valence-corrected chi connectivity index (χ3v) is 4.10. The summed E-state index contributed by atoms with van der Waals surface area (Å²) in [6.45, 7) is 8.36. The Balaban J connectivity index is 0.00000242. The van der Waals surface area contributed by atoms with E-state index >= 15 is 0 Å². The van der Waals surface area contributed by atoms with Crippen LogP contribution in [0.25, 0.3) is 11.1 Å². The largest absolute Gasteiger partial charge is 0.345 e. The van der Waals surface area contributed by atoms with Crippen molar-refractivity contribution in [1.29, 1.82) is 0 Å². The van der Waals surface area contributed by atoms with E-state index in [2.05, 4.69) is 15.5 Å². The highest BCUT2D eigenvalue weighted by Gasteiger charge is 2.29. The first kappa shape index (κ1) is 18.4. The van der Waals surface area contributed by atoms with E-state index in [1.807, 2.05) is 27.7 Å². The number of nitrogens with one attached hydrogen (secondary N) is 1. The van der Waals surface area contributed by atoms with Crippen LogP contribution in [0.2, 0.25) is 0 Å². The van der Waals surface area contributed by atoms with Gasteiger partial charge in [0.25, 0.3) is 11.6 Å². The van der Waals surface area contributed by atoms with Gasteiger partial charge in [-0.15, -0.1) is 12.4 Å². The van der Waals surface area contributed by atoms with Crippen molar-refractivity contribution in [2.24, 2.45) is 11.7 Å². The molecule has 122 valence electrons. The number of pyridine rings is 1. The first-order chi connectivity index (χ1) is 9.91. The van der Waals surface area contributed by atoms with Crippen molar-refractivity contribution in [3.63, 3.8) is 0 Å². The van der Waals surface area contributed by atoms with E-state index in [9.17, 15) is 4.79 Å². The number of rotatable bonds is 5. The Morgan fingerprint density at radius 1 is 1.50 bits per heavy atom. The lowest BCUT2D eigenvalue weighted by Crippen LogP contribution is -2.55. The van der Waals surface area contributed by atoms with Crippen molar-refractivity contribution >= 4 is 29.4 Å². The van der Waals surface area contributed by atoms with Gasteiger partial charge in [-0.05, 0) is 25.3 Å². The van der Waals surface area contributed by atoms with E-state index < -0.39 is 5.54 Å². The van der Waals surface area contributed by atoms with Gasteiger partial charge < -0.3 is 15.6 Å². The fourth-order valence-corrected chi connectivity index (χ4v) is 2.02. The van der Waals surface area contributed by atoms with Crippen molar-refractivity contribution in [3.8, 4) is 0 Å². The molecule has 0 aliphatic heterocycles. The molecule has 1 atom stereocenters. The van der Waals surface area contributed by atoms with Crippen LogP contribution in [0.3, 0.4) is 0 Å². The summed E-state index contributed by atoms with van der Waals surface area (Å²) in [7, 11) is 0. The number of aromatic nitrogens is 2. The monoisotopic (exact) mass is 326 g/mol. The van der Waals surface area contributed by atoms with E-state index in [4.69, 9.17) is 10.3 Å². The molecule has 0 radical (unpaired) electrons. The lowest BCUT2D eigenvalue weighted by molar-refractivity contribution is 0.0883. The second kappa shape index (κ2) is 7.07. The molecule has 22 heavy (non-hydrogen) atoms. The molecule has 2 aromatic heterocycles. The molecular formula is C15H23ClN4O2. The molecule has 0 aliphatic rings. The second-order valence-electron chi connectivity index (χ2n) is 5.79. The quantitative estimate of drug-likeness (QED) is 0.879. The molecule has 0 bridgehead atoms. The lowest BCUT2D eigenvalue weighted by Gasteiger charge is -2.33. The minimum Gasteiger partial charge on any atom is -0.345 e. The highest BCUT2D eigenvalue weighted by molar-refractivity contribution is 5.97. The minimum absolute atomic E-state index is 0. The van der Waals surface area contributed by atoms with Crippen molar-refractivity contribution in [2.75, 3.05) is 6.54 Å². The number of fused-ring (bicyclic) bond motifs is 1. The van der Waals surface area contributed by atoms with Gasteiger partial charge >= 0.3 is 0 Å². The molecule has 0 aromatic carbocycles. The van der Waals surface area contributed by atoms with Gasteiger partial charge in [-0.2, -0.15) is 0 Å². The average Bonchev–Trinajstić information content (AvgIpc) is 2.88. The number of aryl methyl sites for hydroxylation is 1. The lowest BCUT2D eigenvalue weighted by atomic mass is 9.88. The molecule has 0 saturated heterocycles. The average molecular weight is 327 g/mol. The molecule has 2 rings (SSSR count). The summed E-state index contributed by atoms with van der Waals surface area (Å²) in [5.74, 6) is 0.0410. The zero-order valence-electron chi connectivity index (χ0n) is 13.3. The zero-order chi connectivity index (χ0) is 15.6. The van der Waals surface area contributed by atoms with Crippen LogP contribution in [0.1, 0.15) is 43.7 Å². The fraction of sp³-hybridized carbons (Fsp3) is 0.533. The number of carbonyl (C=O) groups is 1. The van der Waals surface area contributed by atoms with Gasteiger partial charge in [-0.25, -0.2) is 4.98 Å². The van der Waals surface area contributed by atoms with Crippen LogP contribution in [0.5, 0.6) is 0 Å². The van der Waals surface area contributed by atoms with Gasteiger partial charge in [0.15, 0.2) is 0 Å². The van der Waals surface area contributed by atoms with Crippen molar-refractivity contribution in [3.05, 3.63) is 23.5 Å². The van der Waals surface area contributed by atoms with Crippen LogP contribution in [0.4, 0.5) is 0 Å². The summed E-state index contributed by atoms with van der Waals surface area (Å²) >= 11 is 0. The standard InChI is InChI=1S/C15H22N4O2.ClH/c1-5-12-11-6-10(7-17-14(11)21-19-12)13(20)18-15(4,8-16)9(2)3;/h6-7,9H,5,8,16H2,1-4H3,(H,18,20);1H. The van der Waals surface area contributed by atoms with E-state index in [1.165, 1.54) is 6.20 Å². The maximum absolute atomic E-state index is 12.4. The van der Waals surface area contributed by atoms with Crippen molar-refractivity contribution in [1.82, 2.24) is 15.5 Å². The van der Waals surface area contributed by atoms with Gasteiger partial charge in [0.2, 0.25) is 0 Å². The number of hydrogen-bond donors (Lipinski definition) is 2. The van der Waals surface area contributed by atoms with Crippen LogP contribution < -0.4 is 11.1 Å². The highest BCUT2D eigenvalue weighted by atomic mass is 35.5. The zero-order valence-corrected chi connectivity index (χ0v) is 14.2. The first-order valence-corrected chi connectivity index (χ1v) is 7.18. The SMILES string of the molecule is CCc1noc2ncc(C(=O)NC(C)(CN)C(C)C)cc12.Cl. The molecule has 0 fully saturated rings. The Hall–Kier alpha value is -1.66. The summed E-state index contributed by atoms with van der Waals surface area (Å²) in [6, 6.07) is 1.77. The normalized spacial score (nSPS) is 13.7. The summed E-state index contributed by atoms with van der Waals surface area (Å²) in [6.07, 6.45) is 2.23. The number of nitrogens with two attached hydrogens (primary N) is 1. The summed E-state index contributed by atoms with van der Waals surface area (Å²) < 4.78 is 5.12. The molecule has 6 nitrogen and oxygen atoms in total. The molecule has 2 heterocycles. The Kier molecular flexibility index (Phi) is 5.91. The fourth-order valence-electron chi connectivity index (χ4n) is 2.02. The van der Waals surface area contributed by atoms with Crippen LogP contribution in [-0.2, 0) is 6.42 Å². The number of amides is 1. The van der Waals surface area contributed by atoms with Gasteiger partial charge in [-0.3, -0.25) is 4.79 Å². The topological polar surface area (TPSA) is 94.0 Å². The molecule has 2 aromatic rings. The van der Waals surface area contributed by atoms with Crippen molar-refractivity contribution in [2.45, 2.75) is 39.7 Å². The van der Waals surface area contributed by atoms with Crippen LogP contribution in [0, 0.1) is 5.92 Å². The Morgan fingerprint density at radius 3 is 2.73 bits per heavy atom. The van der Waals surface area contributed by atoms with Gasteiger partial charge in [0.05, 0.1) is 22.2 Å². The third-order valence-electron chi connectivity index (χ3n) is 4.10. The number of carbonyl (C=O) groups excluding carboxylic acids is 1. The number of hydrogen-bond acceptors (Lipinski definition) is 5. The number of halogens is 1. The predicted molar refractivity (Wildman–Crippen MR) is 88.2 cm³/mol. The predicted octanol–water partition coefficient (Wildman–Crippen LogP) is 2.31. The van der Waals surface area contributed by atoms with E-state index in [0.29, 0.717) is 17.8 Å². The van der Waals surface area contributed by atoms with Gasteiger partial charge in [0, 0.05) is 12.7 Å². The molecule has 0 saturated carbocycles. The second-order valence-corrected chi connectivity index (χ2v) is 5.79. The van der Waals surface area contributed by atoms with Crippen LogP contribution in [0.15, 0.2) is 16.8 Å². The van der Waals surface area contributed by atoms with E-state index in [1.54, 1.807) is 6.07 Å². The van der Waals surface area contributed by atoms with E-state index in [0.717, 1.165) is 17.5 Å².